The van der Waals surface area contributed by atoms with Gasteiger partial charge in [0, 0.05) is 34.8 Å². The second kappa shape index (κ2) is 8.58. The Labute approximate surface area is 177 Å². The highest BCUT2D eigenvalue weighted by Crippen LogP contribution is 2.27. The molecule has 0 aliphatic rings. The van der Waals surface area contributed by atoms with E-state index in [1.807, 2.05) is 6.07 Å². The number of H-pyrrole nitrogens is 1. The number of hydrogen-bond acceptors (Lipinski definition) is 7. The van der Waals surface area contributed by atoms with Crippen LogP contribution in [0, 0.1) is 0 Å². The minimum Gasteiger partial charge on any atom is -0.497 e. The molecule has 2 aromatic carbocycles. The van der Waals surface area contributed by atoms with Crippen LogP contribution in [0.2, 0.25) is 0 Å². The largest absolute Gasteiger partial charge is 0.497 e. The minimum absolute atomic E-state index is 0.146. The molecule has 0 radical (unpaired) electrons. The monoisotopic (exact) mass is 423 g/mol. The zero-order valence-corrected chi connectivity index (χ0v) is 17.7. The number of carbonyl (C=O) groups excluding carboxylic acids is 1. The first-order chi connectivity index (χ1) is 14.6. The number of amides is 1. The number of aryl methyl sites for hydroxylation is 1. The standard InChI is InChI=1S/C21H21N5O3S/c1-4-12-5-6-17-16(7-12)19-20(23-17)24-21(26-25-19)30-11-18(27)22-13-8-14(28-2)10-15(9-13)29-3/h5-10H,4,11H2,1-3H3,(H,22,27)(H,23,24,26). The smallest absolute Gasteiger partial charge is 0.234 e. The van der Waals surface area contributed by atoms with Gasteiger partial charge in [0.15, 0.2) is 5.65 Å². The summed E-state index contributed by atoms with van der Waals surface area (Å²) in [4.78, 5) is 20.1. The second-order valence-electron chi connectivity index (χ2n) is 6.59. The molecule has 9 heteroatoms. The number of fused-ring (bicyclic) bond motifs is 3. The first-order valence-corrected chi connectivity index (χ1v) is 10.4. The molecule has 0 saturated carbocycles. The van der Waals surface area contributed by atoms with E-state index in [-0.39, 0.29) is 11.7 Å². The average Bonchev–Trinajstić information content (AvgIpc) is 3.14. The number of hydrogen-bond donors (Lipinski definition) is 2. The zero-order valence-electron chi connectivity index (χ0n) is 16.9. The number of methoxy groups -OCH3 is 2. The summed E-state index contributed by atoms with van der Waals surface area (Å²) in [6, 6.07) is 11.4. The van der Waals surface area contributed by atoms with Crippen molar-refractivity contribution in [2.75, 3.05) is 25.3 Å². The summed E-state index contributed by atoms with van der Waals surface area (Å²) < 4.78 is 10.4. The van der Waals surface area contributed by atoms with Gasteiger partial charge in [0.2, 0.25) is 11.1 Å². The Hall–Kier alpha value is -3.33. The van der Waals surface area contributed by atoms with E-state index in [2.05, 4.69) is 44.5 Å². The summed E-state index contributed by atoms with van der Waals surface area (Å²) in [5.74, 6) is 1.15. The molecule has 0 fully saturated rings. The molecule has 2 heterocycles. The maximum absolute atomic E-state index is 12.4. The van der Waals surface area contributed by atoms with Gasteiger partial charge in [0.05, 0.1) is 20.0 Å². The number of nitrogens with zero attached hydrogens (tertiary/aromatic N) is 3. The van der Waals surface area contributed by atoms with Crippen LogP contribution in [-0.4, -0.2) is 46.0 Å². The van der Waals surface area contributed by atoms with Crippen LogP contribution in [0.1, 0.15) is 12.5 Å². The van der Waals surface area contributed by atoms with Crippen LogP contribution in [0.15, 0.2) is 41.6 Å². The summed E-state index contributed by atoms with van der Waals surface area (Å²) in [6.07, 6.45) is 0.950. The van der Waals surface area contributed by atoms with E-state index < -0.39 is 0 Å². The van der Waals surface area contributed by atoms with Crippen molar-refractivity contribution in [2.24, 2.45) is 0 Å². The molecule has 4 rings (SSSR count). The number of anilines is 1. The average molecular weight is 423 g/mol. The Morgan fingerprint density at radius 3 is 2.57 bits per heavy atom. The fourth-order valence-electron chi connectivity index (χ4n) is 3.09. The maximum Gasteiger partial charge on any atom is 0.234 e. The Morgan fingerprint density at radius 1 is 1.10 bits per heavy atom. The Balaban J connectivity index is 1.47. The molecule has 154 valence electrons. The van der Waals surface area contributed by atoms with E-state index in [0.717, 1.165) is 22.8 Å². The Kier molecular flexibility index (Phi) is 5.71. The predicted octanol–water partition coefficient (Wildman–Crippen LogP) is 3.82. The van der Waals surface area contributed by atoms with Crippen molar-refractivity contribution in [3.63, 3.8) is 0 Å². The number of thioether (sulfide) groups is 1. The normalized spacial score (nSPS) is 11.0. The second-order valence-corrected chi connectivity index (χ2v) is 7.53. The first kappa shape index (κ1) is 20.0. The summed E-state index contributed by atoms with van der Waals surface area (Å²) >= 11 is 1.22. The van der Waals surface area contributed by atoms with Crippen LogP contribution >= 0.6 is 11.8 Å². The molecule has 0 unspecified atom stereocenters. The van der Waals surface area contributed by atoms with Crippen LogP contribution in [0.5, 0.6) is 11.5 Å². The highest BCUT2D eigenvalue weighted by molar-refractivity contribution is 7.99. The van der Waals surface area contributed by atoms with E-state index in [9.17, 15) is 4.79 Å². The number of carbonyl (C=O) groups is 1. The molecule has 30 heavy (non-hydrogen) atoms. The lowest BCUT2D eigenvalue weighted by molar-refractivity contribution is -0.113. The molecule has 0 saturated heterocycles. The molecule has 0 aliphatic carbocycles. The number of aromatic amines is 1. The molecule has 2 aromatic heterocycles. The number of ether oxygens (including phenoxy) is 2. The number of nitrogens with one attached hydrogen (secondary N) is 2. The van der Waals surface area contributed by atoms with Crippen LogP contribution in [-0.2, 0) is 11.2 Å². The van der Waals surface area contributed by atoms with Crippen LogP contribution in [0.4, 0.5) is 5.69 Å². The molecular formula is C21H21N5O3S. The molecule has 0 atom stereocenters. The molecule has 2 N–H and O–H groups in total. The SMILES string of the molecule is CCc1ccc2[nH]c3nc(SCC(=O)Nc4cc(OC)cc(OC)c4)nnc3c2c1. The number of rotatable bonds is 7. The van der Waals surface area contributed by atoms with Crippen LogP contribution in [0.3, 0.4) is 0 Å². The van der Waals surface area contributed by atoms with E-state index in [0.29, 0.717) is 28.0 Å². The van der Waals surface area contributed by atoms with Gasteiger partial charge in [-0.15, -0.1) is 10.2 Å². The van der Waals surface area contributed by atoms with E-state index >= 15 is 0 Å². The molecule has 4 aromatic rings. The van der Waals surface area contributed by atoms with Gasteiger partial charge in [0.1, 0.15) is 17.0 Å². The van der Waals surface area contributed by atoms with Gasteiger partial charge in [-0.2, -0.15) is 0 Å². The maximum atomic E-state index is 12.4. The van der Waals surface area contributed by atoms with Crippen molar-refractivity contribution in [3.8, 4) is 11.5 Å². The van der Waals surface area contributed by atoms with E-state index in [1.165, 1.54) is 17.3 Å². The van der Waals surface area contributed by atoms with Crippen molar-refractivity contribution in [2.45, 2.75) is 18.5 Å². The van der Waals surface area contributed by atoms with Crippen molar-refractivity contribution < 1.29 is 14.3 Å². The Morgan fingerprint density at radius 2 is 1.87 bits per heavy atom. The van der Waals surface area contributed by atoms with Gasteiger partial charge < -0.3 is 19.8 Å². The molecule has 1 amide bonds. The van der Waals surface area contributed by atoms with Crippen molar-refractivity contribution in [3.05, 3.63) is 42.0 Å². The molecular weight excluding hydrogens is 402 g/mol. The topological polar surface area (TPSA) is 102 Å². The van der Waals surface area contributed by atoms with E-state index in [1.54, 1.807) is 32.4 Å². The van der Waals surface area contributed by atoms with E-state index in [4.69, 9.17) is 9.47 Å². The van der Waals surface area contributed by atoms with Crippen molar-refractivity contribution >= 4 is 45.4 Å². The van der Waals surface area contributed by atoms with Crippen LogP contribution < -0.4 is 14.8 Å². The van der Waals surface area contributed by atoms with Crippen molar-refractivity contribution in [1.82, 2.24) is 20.2 Å². The fraction of sp³-hybridized carbons (Fsp3) is 0.238. The quantitative estimate of drug-likeness (QED) is 0.436. The summed E-state index contributed by atoms with van der Waals surface area (Å²) in [5, 5.41) is 12.8. The lowest BCUT2D eigenvalue weighted by atomic mass is 10.1. The fourth-order valence-corrected chi connectivity index (χ4v) is 3.68. The molecule has 0 bridgehead atoms. The molecule has 0 aliphatic heterocycles. The van der Waals surface area contributed by atoms with Gasteiger partial charge in [-0.05, 0) is 24.1 Å². The third-order valence-electron chi connectivity index (χ3n) is 4.64. The summed E-state index contributed by atoms with van der Waals surface area (Å²) in [5.41, 5.74) is 4.19. The summed E-state index contributed by atoms with van der Waals surface area (Å²) in [7, 11) is 3.12. The highest BCUT2D eigenvalue weighted by atomic mass is 32.2. The van der Waals surface area contributed by atoms with Crippen LogP contribution in [0.25, 0.3) is 22.1 Å². The van der Waals surface area contributed by atoms with Gasteiger partial charge in [-0.1, -0.05) is 24.8 Å². The number of benzene rings is 2. The molecule has 0 spiro atoms. The van der Waals surface area contributed by atoms with Crippen molar-refractivity contribution in [1.29, 1.82) is 0 Å². The minimum atomic E-state index is -0.191. The first-order valence-electron chi connectivity index (χ1n) is 9.40. The third-order valence-corrected chi connectivity index (χ3v) is 5.47. The lowest BCUT2D eigenvalue weighted by Crippen LogP contribution is -2.14. The van der Waals surface area contributed by atoms with Gasteiger partial charge in [-0.25, -0.2) is 4.98 Å². The third kappa shape index (κ3) is 4.16. The number of aromatic nitrogens is 4. The van der Waals surface area contributed by atoms with Gasteiger partial charge in [-0.3, -0.25) is 4.79 Å². The lowest BCUT2D eigenvalue weighted by Gasteiger charge is -2.09. The zero-order chi connectivity index (χ0) is 21.1. The molecule has 8 nitrogen and oxygen atoms in total. The summed E-state index contributed by atoms with van der Waals surface area (Å²) in [6.45, 7) is 2.11. The Bertz CT molecular complexity index is 1200. The van der Waals surface area contributed by atoms with Gasteiger partial charge >= 0.3 is 0 Å². The highest BCUT2D eigenvalue weighted by Gasteiger charge is 2.12. The van der Waals surface area contributed by atoms with Gasteiger partial charge in [0.25, 0.3) is 0 Å². The predicted molar refractivity (Wildman–Crippen MR) is 117 cm³/mol.